The molecule has 0 saturated heterocycles. The van der Waals surface area contributed by atoms with Crippen molar-refractivity contribution in [1.82, 2.24) is 5.32 Å². The van der Waals surface area contributed by atoms with E-state index >= 15 is 0 Å². The van der Waals surface area contributed by atoms with Crippen LogP contribution in [0, 0.1) is 11.2 Å². The Morgan fingerprint density at radius 3 is 2.63 bits per heavy atom. The van der Waals surface area contributed by atoms with Crippen molar-refractivity contribution in [3.8, 4) is 0 Å². The summed E-state index contributed by atoms with van der Waals surface area (Å²) in [4.78, 5) is 25.8. The lowest BCUT2D eigenvalue weighted by molar-refractivity contribution is -0.138. The first-order chi connectivity index (χ1) is 12.7. The van der Waals surface area contributed by atoms with Crippen molar-refractivity contribution in [2.75, 3.05) is 6.61 Å². The van der Waals surface area contributed by atoms with E-state index in [4.69, 9.17) is 4.74 Å². The Morgan fingerprint density at radius 2 is 2.00 bits per heavy atom. The number of ketones is 1. The van der Waals surface area contributed by atoms with Crippen LogP contribution in [0.4, 0.5) is 4.39 Å². The number of rotatable bonds is 4. The average Bonchev–Trinajstić information content (AvgIpc) is 2.58. The fourth-order valence-electron chi connectivity index (χ4n) is 3.91. The topological polar surface area (TPSA) is 55.4 Å². The van der Waals surface area contributed by atoms with Crippen LogP contribution in [0.3, 0.4) is 0 Å². The highest BCUT2D eigenvalue weighted by Crippen LogP contribution is 2.46. The number of hydrogen-bond acceptors (Lipinski definition) is 4. The predicted molar refractivity (Wildman–Crippen MR) is 101 cm³/mol. The van der Waals surface area contributed by atoms with Crippen LogP contribution >= 0.6 is 0 Å². The number of dihydropyridines is 1. The van der Waals surface area contributed by atoms with Gasteiger partial charge in [-0.05, 0) is 36.5 Å². The third-order valence-corrected chi connectivity index (χ3v) is 5.00. The van der Waals surface area contributed by atoms with Crippen LogP contribution in [0.15, 0.2) is 59.5 Å². The van der Waals surface area contributed by atoms with E-state index in [0.717, 1.165) is 5.70 Å². The minimum absolute atomic E-state index is 0.00426. The second-order valence-corrected chi connectivity index (χ2v) is 7.87. The first-order valence-electron chi connectivity index (χ1n) is 9.01. The number of hydrogen-bond donors (Lipinski definition) is 1. The molecule has 0 saturated carbocycles. The van der Waals surface area contributed by atoms with Gasteiger partial charge in [-0.1, -0.05) is 38.6 Å². The number of ether oxygens (including phenoxy) is 1. The first kappa shape index (κ1) is 19.1. The molecule has 5 heteroatoms. The van der Waals surface area contributed by atoms with Crippen molar-refractivity contribution in [3.63, 3.8) is 0 Å². The Kier molecular flexibility index (Phi) is 5.05. The van der Waals surface area contributed by atoms with Crippen molar-refractivity contribution in [3.05, 3.63) is 70.8 Å². The Bertz CT molecular complexity index is 862. The summed E-state index contributed by atoms with van der Waals surface area (Å²) in [5.41, 5.74) is 3.00. The summed E-state index contributed by atoms with van der Waals surface area (Å²) in [5.74, 6) is -1.43. The molecular formula is C22H24FNO3. The first-order valence-corrected chi connectivity index (χ1v) is 9.01. The van der Waals surface area contributed by atoms with Gasteiger partial charge in [0.1, 0.15) is 12.4 Å². The molecule has 0 bridgehead atoms. The molecule has 4 nitrogen and oxygen atoms in total. The molecule has 1 unspecified atom stereocenters. The summed E-state index contributed by atoms with van der Waals surface area (Å²) in [7, 11) is 0. The van der Waals surface area contributed by atoms with Gasteiger partial charge in [0.2, 0.25) is 0 Å². The summed E-state index contributed by atoms with van der Waals surface area (Å²) in [6.07, 6.45) is 2.60. The molecule has 3 rings (SSSR count). The van der Waals surface area contributed by atoms with Crippen molar-refractivity contribution in [2.24, 2.45) is 5.41 Å². The number of esters is 1. The zero-order valence-electron chi connectivity index (χ0n) is 15.9. The molecule has 1 aromatic carbocycles. The molecule has 1 aromatic rings. The van der Waals surface area contributed by atoms with Crippen molar-refractivity contribution in [2.45, 2.75) is 39.5 Å². The normalized spacial score (nSPS) is 21.5. The second kappa shape index (κ2) is 7.14. The third-order valence-electron chi connectivity index (χ3n) is 5.00. The minimum Gasteiger partial charge on any atom is -0.458 e. The zero-order valence-corrected chi connectivity index (χ0v) is 15.9. The van der Waals surface area contributed by atoms with Crippen LogP contribution < -0.4 is 5.32 Å². The Balaban J connectivity index is 2.14. The van der Waals surface area contributed by atoms with E-state index in [9.17, 15) is 14.0 Å². The standard InChI is InChI=1S/C22H24FNO3/c1-5-10-27-21(26)18-13(2)24-16-11-22(3,4)12-17(25)20(16)19(18)14-6-8-15(23)9-7-14/h5-9,19,24H,1,10-12H2,2-4H3. The maximum Gasteiger partial charge on any atom is 0.337 e. The summed E-state index contributed by atoms with van der Waals surface area (Å²) in [6, 6.07) is 5.93. The lowest BCUT2D eigenvalue weighted by Gasteiger charge is -2.39. The summed E-state index contributed by atoms with van der Waals surface area (Å²) >= 11 is 0. The van der Waals surface area contributed by atoms with Gasteiger partial charge in [0, 0.05) is 29.3 Å². The van der Waals surface area contributed by atoms with E-state index in [2.05, 4.69) is 25.7 Å². The highest BCUT2D eigenvalue weighted by molar-refractivity contribution is 6.04. The molecule has 1 aliphatic carbocycles. The number of benzene rings is 1. The van der Waals surface area contributed by atoms with Gasteiger partial charge in [-0.3, -0.25) is 4.79 Å². The molecule has 0 amide bonds. The second-order valence-electron chi connectivity index (χ2n) is 7.87. The fraction of sp³-hybridized carbons (Fsp3) is 0.364. The summed E-state index contributed by atoms with van der Waals surface area (Å²) < 4.78 is 18.7. The quantitative estimate of drug-likeness (QED) is 0.640. The maximum absolute atomic E-state index is 13.5. The maximum atomic E-state index is 13.5. The van der Waals surface area contributed by atoms with Gasteiger partial charge in [-0.25, -0.2) is 9.18 Å². The van der Waals surface area contributed by atoms with E-state index in [1.807, 2.05) is 0 Å². The van der Waals surface area contributed by atoms with Crippen molar-refractivity contribution < 1.29 is 18.7 Å². The van der Waals surface area contributed by atoms with Crippen molar-refractivity contribution in [1.29, 1.82) is 0 Å². The van der Waals surface area contributed by atoms with Gasteiger partial charge in [0.25, 0.3) is 0 Å². The van der Waals surface area contributed by atoms with E-state index in [0.29, 0.717) is 35.2 Å². The molecule has 1 heterocycles. The fourth-order valence-corrected chi connectivity index (χ4v) is 3.91. The van der Waals surface area contributed by atoms with Crippen molar-refractivity contribution >= 4 is 11.8 Å². The minimum atomic E-state index is -0.567. The number of Topliss-reactive ketones (excluding diaryl/α,β-unsaturated/α-hetero) is 1. The van der Waals surface area contributed by atoms with Gasteiger partial charge < -0.3 is 10.1 Å². The van der Waals surface area contributed by atoms with Gasteiger partial charge in [0.05, 0.1) is 5.57 Å². The smallest absolute Gasteiger partial charge is 0.337 e. The van der Waals surface area contributed by atoms with Crippen LogP contribution in [0.2, 0.25) is 0 Å². The van der Waals surface area contributed by atoms with Crippen LogP contribution in [0.5, 0.6) is 0 Å². The van der Waals surface area contributed by atoms with Crippen LogP contribution in [0.25, 0.3) is 0 Å². The highest BCUT2D eigenvalue weighted by atomic mass is 19.1. The SMILES string of the molecule is C=CCOC(=O)C1=C(C)NC2=C(C(=O)CC(C)(C)C2)C1c1ccc(F)cc1. The molecule has 27 heavy (non-hydrogen) atoms. The van der Waals surface area contributed by atoms with Crippen LogP contribution in [-0.4, -0.2) is 18.4 Å². The molecule has 142 valence electrons. The molecule has 1 atom stereocenters. The predicted octanol–water partition coefficient (Wildman–Crippen LogP) is 4.16. The van der Waals surface area contributed by atoms with Crippen LogP contribution in [0.1, 0.15) is 45.1 Å². The lowest BCUT2D eigenvalue weighted by atomic mass is 9.68. The lowest BCUT2D eigenvalue weighted by Crippen LogP contribution is -2.38. The summed E-state index contributed by atoms with van der Waals surface area (Å²) in [6.45, 7) is 9.55. The Labute approximate surface area is 158 Å². The van der Waals surface area contributed by atoms with E-state index in [1.54, 1.807) is 19.1 Å². The van der Waals surface area contributed by atoms with Gasteiger partial charge in [-0.15, -0.1) is 0 Å². The molecule has 0 radical (unpaired) electrons. The molecule has 0 fully saturated rings. The largest absolute Gasteiger partial charge is 0.458 e. The molecule has 1 N–H and O–H groups in total. The monoisotopic (exact) mass is 369 g/mol. The molecular weight excluding hydrogens is 345 g/mol. The van der Waals surface area contributed by atoms with Gasteiger partial charge in [-0.2, -0.15) is 0 Å². The van der Waals surface area contributed by atoms with E-state index in [1.165, 1.54) is 18.2 Å². The number of carbonyl (C=O) groups excluding carboxylic acids is 2. The number of halogens is 1. The summed E-state index contributed by atoms with van der Waals surface area (Å²) in [5, 5.41) is 3.26. The third kappa shape index (κ3) is 3.72. The molecule has 1 aliphatic heterocycles. The Morgan fingerprint density at radius 1 is 1.33 bits per heavy atom. The van der Waals surface area contributed by atoms with E-state index < -0.39 is 11.9 Å². The number of allylic oxidation sites excluding steroid dienone is 3. The average molecular weight is 369 g/mol. The van der Waals surface area contributed by atoms with Gasteiger partial charge >= 0.3 is 5.97 Å². The number of nitrogens with one attached hydrogen (secondary N) is 1. The highest BCUT2D eigenvalue weighted by Gasteiger charge is 2.43. The zero-order chi connectivity index (χ0) is 19.8. The Hall–Kier alpha value is -2.69. The molecule has 0 aromatic heterocycles. The molecule has 0 spiro atoms. The molecule has 2 aliphatic rings. The van der Waals surface area contributed by atoms with Crippen LogP contribution in [-0.2, 0) is 14.3 Å². The van der Waals surface area contributed by atoms with Gasteiger partial charge in [0.15, 0.2) is 5.78 Å². The number of carbonyl (C=O) groups is 2. The van der Waals surface area contributed by atoms with E-state index in [-0.39, 0.29) is 23.6 Å².